The van der Waals surface area contributed by atoms with Gasteiger partial charge >= 0.3 is 0 Å². The van der Waals surface area contributed by atoms with Crippen molar-refractivity contribution in [2.24, 2.45) is 0 Å². The van der Waals surface area contributed by atoms with Crippen LogP contribution < -0.4 is 5.11 Å². The lowest BCUT2D eigenvalue weighted by Gasteiger charge is -2.22. The molecule has 0 aliphatic rings. The molecule has 0 bridgehead atoms. The lowest BCUT2D eigenvalue weighted by Crippen LogP contribution is -2.30. The summed E-state index contributed by atoms with van der Waals surface area (Å²) >= 11 is 0. The standard InChI is InChI=1S/C38H41FN2O6S/c1-25(2)36-38(48(46,47)40(3)24-26-9-5-4-6-10-26)35(30-14-13-27-11-7-8-12-29(27)21-30)37(28-15-17-31(39)18-16-28)41(36)20-19-32(42)22-33(43)23-34(44)45/h4-18,21,25,32-33,42-43H,19-20,22-24H2,1-3H3,(H,44,45)/p-1/t32-,33-/m1/s1. The first-order valence-corrected chi connectivity index (χ1v) is 17.4. The van der Waals surface area contributed by atoms with Crippen LogP contribution in [0, 0.1) is 5.82 Å². The van der Waals surface area contributed by atoms with E-state index in [1.165, 1.54) is 16.4 Å². The van der Waals surface area contributed by atoms with Crippen LogP contribution in [-0.2, 0) is 27.9 Å². The normalized spacial score (nSPS) is 13.3. The Morgan fingerprint density at radius 3 is 2.15 bits per heavy atom. The number of rotatable bonds is 14. The second-order valence-electron chi connectivity index (χ2n) is 12.5. The van der Waals surface area contributed by atoms with Crippen molar-refractivity contribution in [3.05, 3.63) is 114 Å². The topological polar surface area (TPSA) is 123 Å². The van der Waals surface area contributed by atoms with E-state index >= 15 is 0 Å². The van der Waals surface area contributed by atoms with Gasteiger partial charge in [-0.3, -0.25) is 0 Å². The number of carbonyl (C=O) groups excluding carboxylic acids is 1. The molecule has 0 spiro atoms. The van der Waals surface area contributed by atoms with E-state index in [-0.39, 0.29) is 36.7 Å². The second kappa shape index (κ2) is 14.8. The number of aliphatic carboxylic acids is 1. The van der Waals surface area contributed by atoms with Crippen molar-refractivity contribution in [3.63, 3.8) is 0 Å². The molecule has 0 fully saturated rings. The highest BCUT2D eigenvalue weighted by molar-refractivity contribution is 7.89. The van der Waals surface area contributed by atoms with Gasteiger partial charge in [-0.05, 0) is 76.6 Å². The summed E-state index contributed by atoms with van der Waals surface area (Å²) in [5.41, 5.74) is 3.58. The lowest BCUT2D eigenvalue weighted by atomic mass is 9.98. The van der Waals surface area contributed by atoms with Crippen LogP contribution in [0.3, 0.4) is 0 Å². The Balaban J connectivity index is 1.77. The molecule has 0 saturated heterocycles. The molecule has 10 heteroatoms. The van der Waals surface area contributed by atoms with Crippen LogP contribution in [0.5, 0.6) is 0 Å². The third kappa shape index (κ3) is 7.68. The number of benzene rings is 4. The quantitative estimate of drug-likeness (QED) is 0.156. The lowest BCUT2D eigenvalue weighted by molar-refractivity contribution is -0.307. The minimum atomic E-state index is -4.17. The van der Waals surface area contributed by atoms with Crippen LogP contribution >= 0.6 is 0 Å². The van der Waals surface area contributed by atoms with Crippen LogP contribution in [0.25, 0.3) is 33.2 Å². The molecule has 48 heavy (non-hydrogen) atoms. The monoisotopic (exact) mass is 671 g/mol. The van der Waals surface area contributed by atoms with Crippen molar-refractivity contribution in [3.8, 4) is 22.4 Å². The van der Waals surface area contributed by atoms with Crippen molar-refractivity contribution < 1.29 is 32.9 Å². The average molecular weight is 672 g/mol. The number of aromatic nitrogens is 1. The molecule has 1 heterocycles. The van der Waals surface area contributed by atoms with Crippen LogP contribution in [0.2, 0.25) is 0 Å². The summed E-state index contributed by atoms with van der Waals surface area (Å²) in [6.45, 7) is 4.07. The van der Waals surface area contributed by atoms with Crippen molar-refractivity contribution in [2.45, 2.75) is 69.2 Å². The van der Waals surface area contributed by atoms with Gasteiger partial charge in [0.2, 0.25) is 10.0 Å². The summed E-state index contributed by atoms with van der Waals surface area (Å²) in [5, 5.41) is 33.9. The predicted octanol–water partition coefficient (Wildman–Crippen LogP) is 5.70. The van der Waals surface area contributed by atoms with Crippen LogP contribution in [-0.4, -0.2) is 52.7 Å². The van der Waals surface area contributed by atoms with Gasteiger partial charge < -0.3 is 24.7 Å². The van der Waals surface area contributed by atoms with E-state index in [4.69, 9.17) is 0 Å². The fourth-order valence-corrected chi connectivity index (χ4v) is 7.98. The molecule has 4 aromatic carbocycles. The maximum atomic E-state index is 14.9. The third-order valence-corrected chi connectivity index (χ3v) is 10.4. The van der Waals surface area contributed by atoms with E-state index in [2.05, 4.69) is 0 Å². The molecule has 0 aliphatic carbocycles. The number of carboxylic acid groups (broad SMARTS) is 1. The molecule has 2 atom stereocenters. The first kappa shape index (κ1) is 35.0. The van der Waals surface area contributed by atoms with Crippen molar-refractivity contribution >= 4 is 26.8 Å². The van der Waals surface area contributed by atoms with Gasteiger partial charge in [-0.2, -0.15) is 4.31 Å². The Kier molecular flexibility index (Phi) is 10.8. The van der Waals surface area contributed by atoms with Gasteiger partial charge in [0.15, 0.2) is 0 Å². The number of halogens is 1. The smallest absolute Gasteiger partial charge is 0.245 e. The van der Waals surface area contributed by atoms with Gasteiger partial charge in [-0.25, -0.2) is 12.8 Å². The number of hydrogen-bond acceptors (Lipinski definition) is 6. The molecule has 0 amide bonds. The maximum Gasteiger partial charge on any atom is 0.245 e. The Morgan fingerprint density at radius 1 is 0.875 bits per heavy atom. The van der Waals surface area contributed by atoms with Gasteiger partial charge in [-0.15, -0.1) is 0 Å². The molecule has 0 saturated carbocycles. The highest BCUT2D eigenvalue weighted by Gasteiger charge is 2.36. The van der Waals surface area contributed by atoms with E-state index in [0.29, 0.717) is 28.1 Å². The molecular formula is C38H40FN2O6S-. The van der Waals surface area contributed by atoms with Gasteiger partial charge in [0.25, 0.3) is 0 Å². The fraction of sp³-hybridized carbons (Fsp3) is 0.289. The summed E-state index contributed by atoms with van der Waals surface area (Å²) in [7, 11) is -2.62. The summed E-state index contributed by atoms with van der Waals surface area (Å²) in [4.78, 5) is 11.1. The van der Waals surface area contributed by atoms with Gasteiger partial charge in [0.05, 0.1) is 17.9 Å². The number of aliphatic hydroxyl groups excluding tert-OH is 2. The fourth-order valence-electron chi connectivity index (χ4n) is 6.27. The SMILES string of the molecule is CC(C)c1c(S(=O)(=O)N(C)Cc2ccccc2)c(-c2ccc3ccccc3c2)c(-c2ccc(F)cc2)n1CC[C@@H](O)C[C@@H](O)CC(=O)[O-]. The molecule has 1 aromatic heterocycles. The Bertz CT molecular complexity index is 1990. The molecular weight excluding hydrogens is 631 g/mol. The van der Waals surface area contributed by atoms with E-state index < -0.39 is 40.4 Å². The molecule has 0 aliphatic heterocycles. The summed E-state index contributed by atoms with van der Waals surface area (Å²) in [5.74, 6) is -2.18. The number of fused-ring (bicyclic) bond motifs is 1. The number of carbonyl (C=O) groups is 1. The first-order valence-electron chi connectivity index (χ1n) is 15.9. The number of aliphatic hydroxyl groups is 2. The molecule has 0 radical (unpaired) electrons. The molecule has 5 rings (SSSR count). The van der Waals surface area contributed by atoms with E-state index in [0.717, 1.165) is 16.3 Å². The Morgan fingerprint density at radius 2 is 1.50 bits per heavy atom. The average Bonchev–Trinajstić information content (AvgIpc) is 3.40. The van der Waals surface area contributed by atoms with Crippen molar-refractivity contribution in [2.75, 3.05) is 7.05 Å². The van der Waals surface area contributed by atoms with Crippen LogP contribution in [0.4, 0.5) is 4.39 Å². The van der Waals surface area contributed by atoms with Crippen LogP contribution in [0.1, 0.15) is 50.3 Å². The Labute approximate surface area is 280 Å². The number of nitrogens with zero attached hydrogens (tertiary/aromatic N) is 2. The zero-order valence-corrected chi connectivity index (χ0v) is 28.0. The first-order chi connectivity index (χ1) is 22.9. The minimum absolute atomic E-state index is 0.0865. The number of hydrogen-bond donors (Lipinski definition) is 2. The molecule has 2 N–H and O–H groups in total. The highest BCUT2D eigenvalue weighted by atomic mass is 32.2. The molecule has 8 nitrogen and oxygen atoms in total. The summed E-state index contributed by atoms with van der Waals surface area (Å²) in [6, 6.07) is 28.8. The van der Waals surface area contributed by atoms with Gasteiger partial charge in [-0.1, -0.05) is 80.6 Å². The third-order valence-electron chi connectivity index (χ3n) is 8.51. The van der Waals surface area contributed by atoms with Crippen LogP contribution in [0.15, 0.2) is 102 Å². The largest absolute Gasteiger partial charge is 0.550 e. The molecule has 0 unspecified atom stereocenters. The zero-order valence-electron chi connectivity index (χ0n) is 27.2. The van der Waals surface area contributed by atoms with E-state index in [1.807, 2.05) is 91.2 Å². The second-order valence-corrected chi connectivity index (χ2v) is 14.4. The van der Waals surface area contributed by atoms with Crippen molar-refractivity contribution in [1.82, 2.24) is 8.87 Å². The minimum Gasteiger partial charge on any atom is -0.550 e. The molecule has 5 aromatic rings. The summed E-state index contributed by atoms with van der Waals surface area (Å²) < 4.78 is 47.2. The number of sulfonamides is 1. The van der Waals surface area contributed by atoms with E-state index in [1.54, 1.807) is 19.2 Å². The van der Waals surface area contributed by atoms with E-state index in [9.17, 15) is 32.9 Å². The maximum absolute atomic E-state index is 14.9. The number of carboxylic acids is 1. The van der Waals surface area contributed by atoms with Crippen molar-refractivity contribution in [1.29, 1.82) is 0 Å². The molecule has 252 valence electrons. The van der Waals surface area contributed by atoms with Gasteiger partial charge in [0.1, 0.15) is 10.7 Å². The zero-order chi connectivity index (χ0) is 34.6. The summed E-state index contributed by atoms with van der Waals surface area (Å²) in [6.07, 6.45) is -3.11. The highest BCUT2D eigenvalue weighted by Crippen LogP contribution is 2.46. The predicted molar refractivity (Wildman–Crippen MR) is 183 cm³/mol. The Hall–Kier alpha value is -4.35. The van der Waals surface area contributed by atoms with Gasteiger partial charge in [0, 0.05) is 43.8 Å².